The van der Waals surface area contributed by atoms with Gasteiger partial charge >= 0.3 is 0 Å². The fourth-order valence-electron chi connectivity index (χ4n) is 5.42. The van der Waals surface area contributed by atoms with Crippen molar-refractivity contribution in [1.82, 2.24) is 0 Å². The standard InChI is InChI=1S/C21H20O4S2/c22-26(23,16-7-3-1-4-8-16)20-18-14-11-12-15(13-14)19(18)21(20)27(24,25)17-9-5-2-6-10-17/h1-12,14-15,18-21H,13H2/t14-,15-,18+,19+,20+,21+/m0/s1. The zero-order valence-corrected chi connectivity index (χ0v) is 16.2. The summed E-state index contributed by atoms with van der Waals surface area (Å²) in [5, 5.41) is -1.76. The lowest BCUT2D eigenvalue weighted by Gasteiger charge is -2.51. The van der Waals surface area contributed by atoms with E-state index in [0.717, 1.165) is 6.42 Å². The van der Waals surface area contributed by atoms with Crippen LogP contribution in [-0.4, -0.2) is 27.3 Å². The molecule has 0 unspecified atom stereocenters. The first-order valence-corrected chi connectivity index (χ1v) is 12.3. The Bertz CT molecular complexity index is 1020. The van der Waals surface area contributed by atoms with Gasteiger partial charge in [-0.05, 0) is 54.4 Å². The molecule has 0 radical (unpaired) electrons. The maximum absolute atomic E-state index is 13.4. The van der Waals surface area contributed by atoms with Crippen molar-refractivity contribution in [2.45, 2.75) is 26.7 Å². The maximum atomic E-state index is 13.4. The molecule has 5 rings (SSSR count). The molecule has 2 bridgehead atoms. The molecule has 2 fully saturated rings. The van der Waals surface area contributed by atoms with Gasteiger partial charge < -0.3 is 0 Å². The maximum Gasteiger partial charge on any atom is 0.182 e. The van der Waals surface area contributed by atoms with Crippen molar-refractivity contribution >= 4 is 19.7 Å². The molecule has 2 saturated carbocycles. The molecule has 140 valence electrons. The molecule has 4 nitrogen and oxygen atoms in total. The summed E-state index contributed by atoms with van der Waals surface area (Å²) >= 11 is 0. The van der Waals surface area contributed by atoms with E-state index in [-0.39, 0.29) is 33.5 Å². The Hall–Kier alpha value is -1.92. The summed E-state index contributed by atoms with van der Waals surface area (Å²) in [6.45, 7) is 0. The first-order valence-electron chi connectivity index (χ1n) is 9.18. The fourth-order valence-corrected chi connectivity index (χ4v) is 10.7. The van der Waals surface area contributed by atoms with Crippen molar-refractivity contribution in [1.29, 1.82) is 0 Å². The molecule has 3 aliphatic rings. The van der Waals surface area contributed by atoms with Crippen LogP contribution in [0.2, 0.25) is 0 Å². The Morgan fingerprint density at radius 3 is 1.33 bits per heavy atom. The predicted octanol–water partition coefficient (Wildman–Crippen LogP) is 3.12. The number of allylic oxidation sites excluding steroid dienone is 2. The van der Waals surface area contributed by atoms with Crippen molar-refractivity contribution in [2.75, 3.05) is 0 Å². The molecule has 0 amide bonds. The van der Waals surface area contributed by atoms with Crippen LogP contribution in [-0.2, 0) is 19.7 Å². The molecule has 0 N–H and O–H groups in total. The van der Waals surface area contributed by atoms with Gasteiger partial charge in [-0.25, -0.2) is 16.8 Å². The minimum absolute atomic E-state index is 0.103. The number of fused-ring (bicyclic) bond motifs is 5. The second-order valence-corrected chi connectivity index (χ2v) is 12.0. The predicted molar refractivity (Wildman–Crippen MR) is 103 cm³/mol. The van der Waals surface area contributed by atoms with E-state index in [1.54, 1.807) is 60.7 Å². The zero-order chi connectivity index (χ0) is 18.8. The molecule has 6 heteroatoms. The second kappa shape index (κ2) is 5.79. The highest BCUT2D eigenvalue weighted by Crippen LogP contribution is 2.63. The first-order chi connectivity index (χ1) is 12.9. The zero-order valence-electron chi connectivity index (χ0n) is 14.5. The van der Waals surface area contributed by atoms with Crippen molar-refractivity contribution in [2.24, 2.45) is 23.7 Å². The Kier molecular flexibility index (Phi) is 3.69. The van der Waals surface area contributed by atoms with E-state index in [9.17, 15) is 16.8 Å². The van der Waals surface area contributed by atoms with Gasteiger partial charge in [0.15, 0.2) is 19.7 Å². The van der Waals surface area contributed by atoms with Gasteiger partial charge in [-0.15, -0.1) is 0 Å². The highest BCUT2D eigenvalue weighted by atomic mass is 32.2. The topological polar surface area (TPSA) is 68.3 Å². The summed E-state index contributed by atoms with van der Waals surface area (Å²) in [6, 6.07) is 16.5. The largest absolute Gasteiger partial charge is 0.223 e. The molecule has 0 aliphatic heterocycles. The minimum atomic E-state index is -3.73. The van der Waals surface area contributed by atoms with Crippen LogP contribution in [0.25, 0.3) is 0 Å². The van der Waals surface area contributed by atoms with E-state index in [0.29, 0.717) is 0 Å². The molecule has 3 aliphatic carbocycles. The molecule has 2 aromatic rings. The third kappa shape index (κ3) is 2.32. The SMILES string of the molecule is O=S(=O)(c1ccccc1)[C@@H]1[C@H]2[C@H]([C@H]1S(=O)(=O)c1ccccc1)[C@H]1C=C[C@H]2C1. The average molecular weight is 401 g/mol. The average Bonchev–Trinajstić information content (AvgIpc) is 3.20. The van der Waals surface area contributed by atoms with Crippen LogP contribution >= 0.6 is 0 Å². The first kappa shape index (κ1) is 17.2. The van der Waals surface area contributed by atoms with Crippen molar-refractivity contribution in [3.63, 3.8) is 0 Å². The summed E-state index contributed by atoms with van der Waals surface area (Å²) in [4.78, 5) is 0.432. The second-order valence-electron chi connectivity index (χ2n) is 7.75. The molecule has 0 spiro atoms. The number of hydrogen-bond acceptors (Lipinski definition) is 4. The van der Waals surface area contributed by atoms with E-state index < -0.39 is 30.2 Å². The van der Waals surface area contributed by atoms with Crippen LogP contribution in [0.4, 0.5) is 0 Å². The van der Waals surface area contributed by atoms with Gasteiger partial charge in [0.2, 0.25) is 0 Å². The third-order valence-electron chi connectivity index (χ3n) is 6.53. The summed E-state index contributed by atoms with van der Waals surface area (Å²) in [7, 11) is -7.46. The van der Waals surface area contributed by atoms with Crippen LogP contribution in [0, 0.1) is 23.7 Å². The molecule has 0 saturated heterocycles. The van der Waals surface area contributed by atoms with Crippen LogP contribution in [0.3, 0.4) is 0 Å². The Labute approximate surface area is 159 Å². The van der Waals surface area contributed by atoms with E-state index >= 15 is 0 Å². The van der Waals surface area contributed by atoms with E-state index in [1.807, 2.05) is 0 Å². The van der Waals surface area contributed by atoms with Gasteiger partial charge in [-0.3, -0.25) is 0 Å². The quantitative estimate of drug-likeness (QED) is 0.740. The molecule has 0 aromatic heterocycles. The Morgan fingerprint density at radius 1 is 0.593 bits per heavy atom. The lowest BCUT2D eigenvalue weighted by atomic mass is 9.67. The summed E-state index contributed by atoms with van der Waals surface area (Å²) < 4.78 is 53.7. The lowest BCUT2D eigenvalue weighted by Crippen LogP contribution is -2.63. The molecule has 27 heavy (non-hydrogen) atoms. The van der Waals surface area contributed by atoms with Crippen LogP contribution in [0.5, 0.6) is 0 Å². The molecular formula is C21H20O4S2. The Morgan fingerprint density at radius 2 is 0.963 bits per heavy atom. The monoisotopic (exact) mass is 400 g/mol. The van der Waals surface area contributed by atoms with Gasteiger partial charge in [-0.2, -0.15) is 0 Å². The Balaban J connectivity index is 1.64. The van der Waals surface area contributed by atoms with Gasteiger partial charge in [0, 0.05) is 0 Å². The van der Waals surface area contributed by atoms with Gasteiger partial charge in [0.05, 0.1) is 20.3 Å². The highest BCUT2D eigenvalue weighted by molar-refractivity contribution is 7.96. The normalized spacial score (nSPS) is 34.2. The van der Waals surface area contributed by atoms with Crippen LogP contribution in [0.15, 0.2) is 82.6 Å². The summed E-state index contributed by atoms with van der Waals surface area (Å²) in [5.41, 5.74) is 0. The molecule has 2 aromatic carbocycles. The molecule has 0 heterocycles. The summed E-state index contributed by atoms with van der Waals surface area (Å²) in [6.07, 6.45) is 5.05. The van der Waals surface area contributed by atoms with Crippen LogP contribution < -0.4 is 0 Å². The number of sulfone groups is 2. The van der Waals surface area contributed by atoms with E-state index in [2.05, 4.69) is 12.2 Å². The van der Waals surface area contributed by atoms with Gasteiger partial charge in [0.25, 0.3) is 0 Å². The fraction of sp³-hybridized carbons (Fsp3) is 0.333. The van der Waals surface area contributed by atoms with Gasteiger partial charge in [0.1, 0.15) is 0 Å². The number of rotatable bonds is 4. The third-order valence-corrected chi connectivity index (χ3v) is 11.2. The lowest BCUT2D eigenvalue weighted by molar-refractivity contribution is 0.171. The van der Waals surface area contributed by atoms with Crippen molar-refractivity contribution in [3.05, 3.63) is 72.8 Å². The van der Waals surface area contributed by atoms with Crippen molar-refractivity contribution < 1.29 is 16.8 Å². The summed E-state index contributed by atoms with van der Waals surface area (Å²) in [5.74, 6) is 0.138. The van der Waals surface area contributed by atoms with Crippen LogP contribution in [0.1, 0.15) is 6.42 Å². The van der Waals surface area contributed by atoms with Crippen molar-refractivity contribution in [3.8, 4) is 0 Å². The number of benzene rings is 2. The molecular weight excluding hydrogens is 380 g/mol. The molecule has 6 atom stereocenters. The van der Waals surface area contributed by atoms with E-state index in [1.165, 1.54) is 0 Å². The highest BCUT2D eigenvalue weighted by Gasteiger charge is 2.69. The van der Waals surface area contributed by atoms with E-state index in [4.69, 9.17) is 0 Å². The minimum Gasteiger partial charge on any atom is -0.223 e. The van der Waals surface area contributed by atoms with Gasteiger partial charge in [-0.1, -0.05) is 48.6 Å². The smallest absolute Gasteiger partial charge is 0.182 e. The number of hydrogen-bond donors (Lipinski definition) is 0.